The van der Waals surface area contributed by atoms with E-state index in [-0.39, 0.29) is 11.8 Å². The molecule has 0 aliphatic rings. The van der Waals surface area contributed by atoms with Gasteiger partial charge in [0.05, 0.1) is 10.9 Å². The predicted molar refractivity (Wildman–Crippen MR) is 123 cm³/mol. The Morgan fingerprint density at radius 3 is 2.32 bits per heavy atom. The lowest BCUT2D eigenvalue weighted by atomic mass is 10.1. The maximum absolute atomic E-state index is 12.8. The summed E-state index contributed by atoms with van der Waals surface area (Å²) in [4.78, 5) is 31.7. The van der Waals surface area contributed by atoms with E-state index < -0.39 is 5.63 Å². The van der Waals surface area contributed by atoms with Gasteiger partial charge in [-0.25, -0.2) is 9.78 Å². The zero-order valence-corrected chi connectivity index (χ0v) is 17.2. The lowest BCUT2D eigenvalue weighted by molar-refractivity contribution is 0.0973. The molecule has 0 saturated carbocycles. The first-order chi connectivity index (χ1) is 15.0. The first-order valence-corrected chi connectivity index (χ1v) is 9.77. The number of nitrogens with one attached hydrogen (secondary N) is 1. The van der Waals surface area contributed by atoms with E-state index >= 15 is 0 Å². The molecule has 1 aromatic heterocycles. The van der Waals surface area contributed by atoms with Gasteiger partial charge in [-0.05, 0) is 48.0 Å². The third-order valence-electron chi connectivity index (χ3n) is 4.77. The predicted octanol–water partition coefficient (Wildman–Crippen LogP) is 4.18. The molecule has 3 aromatic carbocycles. The van der Waals surface area contributed by atoms with Crippen molar-refractivity contribution >= 4 is 34.3 Å². The van der Waals surface area contributed by atoms with Crippen molar-refractivity contribution in [3.63, 3.8) is 0 Å². The molecule has 0 saturated heterocycles. The van der Waals surface area contributed by atoms with Gasteiger partial charge in [-0.3, -0.25) is 4.79 Å². The number of anilines is 1. The fourth-order valence-electron chi connectivity index (χ4n) is 3.10. The molecule has 154 valence electrons. The zero-order valence-electron chi connectivity index (χ0n) is 17.2. The Labute approximate surface area is 179 Å². The molecular weight excluding hydrogens is 390 g/mol. The highest BCUT2D eigenvalue weighted by Crippen LogP contribution is 2.19. The fourth-order valence-corrected chi connectivity index (χ4v) is 3.10. The van der Waals surface area contributed by atoms with E-state index in [1.54, 1.807) is 54.6 Å². The van der Waals surface area contributed by atoms with Crippen LogP contribution in [0.25, 0.3) is 22.7 Å². The average Bonchev–Trinajstić information content (AvgIpc) is 2.79. The SMILES string of the molecule is CN(C)c1ccc(/C=C(\NC(=O)c2ccccc2)c2nc3ccccc3c(=O)o2)cc1. The number of rotatable bonds is 5. The Hall–Kier alpha value is -4.19. The third kappa shape index (κ3) is 4.53. The lowest BCUT2D eigenvalue weighted by Crippen LogP contribution is -2.23. The Balaban J connectivity index is 1.79. The highest BCUT2D eigenvalue weighted by atomic mass is 16.4. The van der Waals surface area contributed by atoms with Crippen LogP contribution in [0.4, 0.5) is 5.69 Å². The number of para-hydroxylation sites is 1. The Bertz CT molecular complexity index is 1310. The van der Waals surface area contributed by atoms with Crippen LogP contribution in [0.5, 0.6) is 0 Å². The summed E-state index contributed by atoms with van der Waals surface area (Å²) in [6.07, 6.45) is 1.74. The Morgan fingerprint density at radius 2 is 1.61 bits per heavy atom. The molecule has 4 aromatic rings. The van der Waals surface area contributed by atoms with Gasteiger partial charge in [-0.15, -0.1) is 0 Å². The maximum Gasteiger partial charge on any atom is 0.347 e. The molecule has 1 N–H and O–H groups in total. The van der Waals surface area contributed by atoms with E-state index in [1.165, 1.54) is 0 Å². The molecule has 0 aliphatic heterocycles. The summed E-state index contributed by atoms with van der Waals surface area (Å²) < 4.78 is 5.47. The molecule has 1 heterocycles. The first kappa shape index (κ1) is 20.1. The summed E-state index contributed by atoms with van der Waals surface area (Å²) in [5.41, 5.74) is 2.64. The number of hydrogen-bond acceptors (Lipinski definition) is 5. The standard InChI is InChI=1S/C25H21N3O3/c1-28(2)19-14-12-17(13-15-19)16-22(26-23(29)18-8-4-3-5-9-18)24-27-21-11-7-6-10-20(21)25(30)31-24/h3-16H,1-2H3,(H,26,29)/b22-16-. The Kier molecular flexibility index (Phi) is 5.62. The van der Waals surface area contributed by atoms with Crippen molar-refractivity contribution in [3.05, 3.63) is 106 Å². The van der Waals surface area contributed by atoms with Gasteiger partial charge in [0.25, 0.3) is 5.91 Å². The minimum Gasteiger partial charge on any atom is -0.401 e. The zero-order chi connectivity index (χ0) is 21.8. The van der Waals surface area contributed by atoms with Gasteiger partial charge in [0.2, 0.25) is 5.89 Å². The van der Waals surface area contributed by atoms with Gasteiger partial charge < -0.3 is 14.6 Å². The molecule has 0 bridgehead atoms. The van der Waals surface area contributed by atoms with Gasteiger partial charge in [0.15, 0.2) is 0 Å². The minimum absolute atomic E-state index is 0.0460. The molecule has 0 radical (unpaired) electrons. The van der Waals surface area contributed by atoms with Crippen LogP contribution in [0, 0.1) is 0 Å². The van der Waals surface area contributed by atoms with Gasteiger partial charge in [-0.2, -0.15) is 0 Å². The van der Waals surface area contributed by atoms with E-state index in [2.05, 4.69) is 10.3 Å². The van der Waals surface area contributed by atoms with Gasteiger partial charge in [0, 0.05) is 25.3 Å². The topological polar surface area (TPSA) is 75.4 Å². The van der Waals surface area contributed by atoms with Crippen LogP contribution in [0.1, 0.15) is 21.8 Å². The summed E-state index contributed by atoms with van der Waals surface area (Å²) in [5, 5.41) is 3.23. The fraction of sp³-hybridized carbons (Fsp3) is 0.0800. The van der Waals surface area contributed by atoms with Crippen molar-refractivity contribution < 1.29 is 9.21 Å². The van der Waals surface area contributed by atoms with Crippen LogP contribution in [-0.2, 0) is 0 Å². The summed E-state index contributed by atoms with van der Waals surface area (Å²) >= 11 is 0. The summed E-state index contributed by atoms with van der Waals surface area (Å²) in [6, 6.07) is 23.5. The average molecular weight is 411 g/mol. The number of carbonyl (C=O) groups is 1. The monoisotopic (exact) mass is 411 g/mol. The van der Waals surface area contributed by atoms with E-state index in [9.17, 15) is 9.59 Å². The van der Waals surface area contributed by atoms with Crippen molar-refractivity contribution in [2.24, 2.45) is 0 Å². The number of amides is 1. The largest absolute Gasteiger partial charge is 0.401 e. The first-order valence-electron chi connectivity index (χ1n) is 9.77. The second kappa shape index (κ2) is 8.67. The van der Waals surface area contributed by atoms with Crippen molar-refractivity contribution in [3.8, 4) is 0 Å². The molecule has 0 unspecified atom stereocenters. The quantitative estimate of drug-likeness (QED) is 0.533. The highest BCUT2D eigenvalue weighted by molar-refractivity contribution is 6.01. The second-order valence-corrected chi connectivity index (χ2v) is 7.19. The van der Waals surface area contributed by atoms with E-state index in [4.69, 9.17) is 4.42 Å². The molecule has 0 atom stereocenters. The van der Waals surface area contributed by atoms with Gasteiger partial charge in [-0.1, -0.05) is 42.5 Å². The smallest absolute Gasteiger partial charge is 0.347 e. The van der Waals surface area contributed by atoms with Gasteiger partial charge >= 0.3 is 5.63 Å². The summed E-state index contributed by atoms with van der Waals surface area (Å²) in [7, 11) is 3.92. The molecule has 6 nitrogen and oxygen atoms in total. The number of nitrogens with zero attached hydrogens (tertiary/aromatic N) is 2. The van der Waals surface area contributed by atoms with Crippen LogP contribution in [-0.4, -0.2) is 25.0 Å². The molecule has 6 heteroatoms. The van der Waals surface area contributed by atoms with Crippen molar-refractivity contribution in [2.45, 2.75) is 0 Å². The van der Waals surface area contributed by atoms with Crippen LogP contribution >= 0.6 is 0 Å². The molecular formula is C25H21N3O3. The van der Waals surface area contributed by atoms with Crippen LogP contribution < -0.4 is 15.8 Å². The lowest BCUT2D eigenvalue weighted by Gasteiger charge is -2.13. The molecule has 31 heavy (non-hydrogen) atoms. The van der Waals surface area contributed by atoms with Crippen molar-refractivity contribution in [1.82, 2.24) is 10.3 Å². The van der Waals surface area contributed by atoms with Crippen LogP contribution in [0.15, 0.2) is 88.1 Å². The van der Waals surface area contributed by atoms with E-state index in [1.807, 2.05) is 49.3 Å². The number of carbonyl (C=O) groups excluding carboxylic acids is 1. The molecule has 4 rings (SSSR count). The van der Waals surface area contributed by atoms with Gasteiger partial charge in [0.1, 0.15) is 5.70 Å². The van der Waals surface area contributed by atoms with Crippen LogP contribution in [0.2, 0.25) is 0 Å². The van der Waals surface area contributed by atoms with E-state index in [0.717, 1.165) is 11.3 Å². The maximum atomic E-state index is 12.8. The van der Waals surface area contributed by atoms with Crippen LogP contribution in [0.3, 0.4) is 0 Å². The third-order valence-corrected chi connectivity index (χ3v) is 4.77. The van der Waals surface area contributed by atoms with E-state index in [0.29, 0.717) is 22.2 Å². The number of benzene rings is 3. The number of aromatic nitrogens is 1. The Morgan fingerprint density at radius 1 is 0.935 bits per heavy atom. The number of fused-ring (bicyclic) bond motifs is 1. The molecule has 0 spiro atoms. The summed E-state index contributed by atoms with van der Waals surface area (Å²) in [6.45, 7) is 0. The number of hydrogen-bond donors (Lipinski definition) is 1. The summed E-state index contributed by atoms with van der Waals surface area (Å²) in [5.74, 6) is -0.279. The highest BCUT2D eigenvalue weighted by Gasteiger charge is 2.15. The van der Waals surface area contributed by atoms with Crippen molar-refractivity contribution in [1.29, 1.82) is 0 Å². The minimum atomic E-state index is -0.511. The molecule has 1 amide bonds. The molecule has 0 fully saturated rings. The molecule has 0 aliphatic carbocycles. The second-order valence-electron chi connectivity index (χ2n) is 7.19. The van der Waals surface area contributed by atoms with Crippen molar-refractivity contribution in [2.75, 3.05) is 19.0 Å². The normalized spacial score (nSPS) is 11.4.